The Balaban J connectivity index is 2.73. The van der Waals surface area contributed by atoms with Gasteiger partial charge in [0.2, 0.25) is 0 Å². The minimum absolute atomic E-state index is 0.407. The first-order chi connectivity index (χ1) is 9.74. The number of terminal acetylenes is 1. The number of benzene rings is 1. The van der Waals surface area contributed by atoms with Gasteiger partial charge in [-0.1, -0.05) is 13.0 Å². The Morgan fingerprint density at radius 1 is 1.25 bits per heavy atom. The summed E-state index contributed by atoms with van der Waals surface area (Å²) in [4.78, 5) is 0. The summed E-state index contributed by atoms with van der Waals surface area (Å²) in [5.74, 6) is 4.25. The zero-order valence-electron chi connectivity index (χ0n) is 12.7. The van der Waals surface area contributed by atoms with E-state index in [2.05, 4.69) is 24.2 Å². The molecule has 0 spiro atoms. The molecule has 0 aliphatic heterocycles. The van der Waals surface area contributed by atoms with Gasteiger partial charge in [-0.05, 0) is 43.5 Å². The molecule has 0 bridgehead atoms. The number of nitrogens with one attached hydrogen (secondary N) is 1. The summed E-state index contributed by atoms with van der Waals surface area (Å²) >= 11 is 0. The molecule has 1 atom stereocenters. The smallest absolute Gasteiger partial charge is 0.160 e. The van der Waals surface area contributed by atoms with Crippen molar-refractivity contribution in [3.05, 3.63) is 23.8 Å². The maximum Gasteiger partial charge on any atom is 0.160 e. The van der Waals surface area contributed by atoms with Crippen LogP contribution in [0.25, 0.3) is 0 Å². The number of methoxy groups -OCH3 is 2. The molecule has 1 aromatic carbocycles. The van der Waals surface area contributed by atoms with E-state index in [9.17, 15) is 0 Å². The lowest BCUT2D eigenvalue weighted by atomic mass is 10.0. The van der Waals surface area contributed by atoms with Crippen LogP contribution in [0.3, 0.4) is 0 Å². The number of hydrogen-bond donors (Lipinski definition) is 1. The van der Waals surface area contributed by atoms with Crippen LogP contribution in [0, 0.1) is 12.3 Å². The van der Waals surface area contributed by atoms with Gasteiger partial charge in [0.15, 0.2) is 11.5 Å². The van der Waals surface area contributed by atoms with Gasteiger partial charge in [-0.2, -0.15) is 0 Å². The molecule has 1 unspecified atom stereocenters. The van der Waals surface area contributed by atoms with Crippen molar-refractivity contribution >= 4 is 0 Å². The minimum Gasteiger partial charge on any atom is -0.493 e. The molecule has 0 aliphatic carbocycles. The summed E-state index contributed by atoms with van der Waals surface area (Å²) in [6, 6.07) is 6.48. The monoisotopic (exact) mass is 275 g/mol. The van der Waals surface area contributed by atoms with Gasteiger partial charge in [0.1, 0.15) is 0 Å². The minimum atomic E-state index is 0.407. The summed E-state index contributed by atoms with van der Waals surface area (Å²) < 4.78 is 10.6. The largest absolute Gasteiger partial charge is 0.493 e. The van der Waals surface area contributed by atoms with Crippen LogP contribution in [0.1, 0.15) is 31.7 Å². The van der Waals surface area contributed by atoms with Gasteiger partial charge >= 0.3 is 0 Å². The summed E-state index contributed by atoms with van der Waals surface area (Å²) in [6.45, 7) is 3.18. The van der Waals surface area contributed by atoms with Crippen molar-refractivity contribution in [3.8, 4) is 23.8 Å². The van der Waals surface area contributed by atoms with Crippen LogP contribution in [0.2, 0.25) is 0 Å². The topological polar surface area (TPSA) is 30.5 Å². The van der Waals surface area contributed by atoms with Crippen molar-refractivity contribution in [1.82, 2.24) is 5.32 Å². The summed E-state index contributed by atoms with van der Waals surface area (Å²) in [5.41, 5.74) is 1.23. The number of ether oxygens (including phenoxy) is 2. The van der Waals surface area contributed by atoms with Crippen LogP contribution in [0.5, 0.6) is 11.5 Å². The molecule has 3 heteroatoms. The van der Waals surface area contributed by atoms with Crippen LogP contribution < -0.4 is 14.8 Å². The molecule has 0 amide bonds. The highest BCUT2D eigenvalue weighted by molar-refractivity contribution is 5.43. The molecule has 0 aliphatic rings. The van der Waals surface area contributed by atoms with Gasteiger partial charge in [-0.15, -0.1) is 12.3 Å². The molecule has 0 saturated heterocycles. The first-order valence-electron chi connectivity index (χ1n) is 7.12. The van der Waals surface area contributed by atoms with Crippen molar-refractivity contribution in [2.75, 3.05) is 20.8 Å². The standard InChI is InChI=1S/C17H25NO2/c1-5-7-8-15(18-11-6-2)12-14-9-10-16(19-3)17(13-14)20-4/h1,9-10,13,15,18H,6-8,11-12H2,2-4H3. The molecular weight excluding hydrogens is 250 g/mol. The Hall–Kier alpha value is -1.66. The van der Waals surface area contributed by atoms with Crippen LogP contribution >= 0.6 is 0 Å². The van der Waals surface area contributed by atoms with Crippen LogP contribution in [-0.2, 0) is 6.42 Å². The van der Waals surface area contributed by atoms with Crippen LogP contribution in [0.4, 0.5) is 0 Å². The fourth-order valence-corrected chi connectivity index (χ4v) is 2.17. The van der Waals surface area contributed by atoms with Gasteiger partial charge in [-0.25, -0.2) is 0 Å². The first kappa shape index (κ1) is 16.4. The van der Waals surface area contributed by atoms with Crippen LogP contribution in [0.15, 0.2) is 18.2 Å². The Morgan fingerprint density at radius 3 is 2.60 bits per heavy atom. The lowest BCUT2D eigenvalue weighted by Crippen LogP contribution is -2.31. The molecule has 0 aromatic heterocycles. The second kappa shape index (κ2) is 9.28. The molecule has 3 nitrogen and oxygen atoms in total. The normalized spacial score (nSPS) is 11.7. The third-order valence-corrected chi connectivity index (χ3v) is 3.25. The lowest BCUT2D eigenvalue weighted by molar-refractivity contribution is 0.354. The summed E-state index contributed by atoms with van der Waals surface area (Å²) in [6.07, 6.45) is 9.23. The molecule has 1 aromatic rings. The Bertz CT molecular complexity index is 437. The van der Waals surface area contributed by atoms with E-state index >= 15 is 0 Å². The number of hydrogen-bond acceptors (Lipinski definition) is 3. The summed E-state index contributed by atoms with van der Waals surface area (Å²) in [5, 5.41) is 3.55. The average Bonchev–Trinajstić information content (AvgIpc) is 2.49. The van der Waals surface area contributed by atoms with E-state index in [4.69, 9.17) is 15.9 Å². The fraction of sp³-hybridized carbons (Fsp3) is 0.529. The maximum atomic E-state index is 5.37. The average molecular weight is 275 g/mol. The maximum absolute atomic E-state index is 5.37. The Morgan fingerprint density at radius 2 is 2.00 bits per heavy atom. The second-order valence-corrected chi connectivity index (χ2v) is 4.79. The molecule has 1 rings (SSSR count). The van der Waals surface area contributed by atoms with Crippen LogP contribution in [-0.4, -0.2) is 26.8 Å². The van der Waals surface area contributed by atoms with E-state index in [0.717, 1.165) is 43.7 Å². The van der Waals surface area contributed by atoms with Gasteiger partial charge in [0.25, 0.3) is 0 Å². The van der Waals surface area contributed by atoms with Gasteiger partial charge in [0, 0.05) is 12.5 Å². The second-order valence-electron chi connectivity index (χ2n) is 4.79. The highest BCUT2D eigenvalue weighted by Gasteiger charge is 2.11. The van der Waals surface area contributed by atoms with E-state index in [1.807, 2.05) is 12.1 Å². The van der Waals surface area contributed by atoms with E-state index < -0.39 is 0 Å². The van der Waals surface area contributed by atoms with Crippen molar-refractivity contribution in [1.29, 1.82) is 0 Å². The Kier molecular flexibility index (Phi) is 7.60. The Labute approximate surface area is 122 Å². The third kappa shape index (κ3) is 5.14. The molecule has 0 heterocycles. The van der Waals surface area contributed by atoms with E-state index in [-0.39, 0.29) is 0 Å². The highest BCUT2D eigenvalue weighted by Crippen LogP contribution is 2.28. The third-order valence-electron chi connectivity index (χ3n) is 3.25. The van der Waals surface area contributed by atoms with Gasteiger partial charge in [-0.3, -0.25) is 0 Å². The SMILES string of the molecule is C#CCCC(Cc1ccc(OC)c(OC)c1)NCCC. The predicted octanol–water partition coefficient (Wildman–Crippen LogP) is 3.03. The predicted molar refractivity (Wildman–Crippen MR) is 83.4 cm³/mol. The van der Waals surface area contributed by atoms with Gasteiger partial charge in [0.05, 0.1) is 14.2 Å². The molecule has 1 N–H and O–H groups in total. The van der Waals surface area contributed by atoms with Gasteiger partial charge < -0.3 is 14.8 Å². The van der Waals surface area contributed by atoms with Crippen molar-refractivity contribution in [3.63, 3.8) is 0 Å². The fourth-order valence-electron chi connectivity index (χ4n) is 2.17. The first-order valence-corrected chi connectivity index (χ1v) is 7.12. The molecular formula is C17H25NO2. The molecule has 20 heavy (non-hydrogen) atoms. The van der Waals surface area contributed by atoms with Crippen molar-refractivity contribution in [2.45, 2.75) is 38.6 Å². The summed E-state index contributed by atoms with van der Waals surface area (Å²) in [7, 11) is 3.31. The molecule has 0 fully saturated rings. The van der Waals surface area contributed by atoms with Crippen molar-refractivity contribution in [2.24, 2.45) is 0 Å². The molecule has 0 radical (unpaired) electrons. The molecule has 110 valence electrons. The highest BCUT2D eigenvalue weighted by atomic mass is 16.5. The van der Waals surface area contributed by atoms with E-state index in [0.29, 0.717) is 6.04 Å². The zero-order chi connectivity index (χ0) is 14.8. The quantitative estimate of drug-likeness (QED) is 0.703. The lowest BCUT2D eigenvalue weighted by Gasteiger charge is -2.18. The van der Waals surface area contributed by atoms with Crippen molar-refractivity contribution < 1.29 is 9.47 Å². The number of rotatable bonds is 9. The van der Waals surface area contributed by atoms with E-state index in [1.165, 1.54) is 5.56 Å². The zero-order valence-corrected chi connectivity index (χ0v) is 12.7. The molecule has 0 saturated carbocycles. The van der Waals surface area contributed by atoms with E-state index in [1.54, 1.807) is 14.2 Å².